The van der Waals surface area contributed by atoms with E-state index in [4.69, 9.17) is 9.47 Å². The van der Waals surface area contributed by atoms with Crippen molar-refractivity contribution in [1.29, 1.82) is 0 Å². The molecule has 0 aromatic heterocycles. The molecule has 1 amide bonds. The highest BCUT2D eigenvalue weighted by molar-refractivity contribution is 5.88. The summed E-state index contributed by atoms with van der Waals surface area (Å²) in [6.45, 7) is 0.337. The molecule has 152 valence electrons. The SMILES string of the molecule is COc1ccc2ccccc2c1C(O)C(O)CCNC(=O)OCc1ccccc1. The molecule has 0 saturated heterocycles. The van der Waals surface area contributed by atoms with E-state index in [2.05, 4.69) is 5.32 Å². The van der Waals surface area contributed by atoms with Gasteiger partial charge in [0, 0.05) is 12.1 Å². The number of ether oxygens (including phenoxy) is 2. The van der Waals surface area contributed by atoms with Gasteiger partial charge in [0.15, 0.2) is 0 Å². The molecule has 0 radical (unpaired) electrons. The summed E-state index contributed by atoms with van der Waals surface area (Å²) in [4.78, 5) is 11.8. The number of carbonyl (C=O) groups is 1. The number of aliphatic hydroxyl groups excluding tert-OH is 2. The minimum absolute atomic E-state index is 0.161. The van der Waals surface area contributed by atoms with Crippen molar-refractivity contribution < 1.29 is 24.5 Å². The summed E-state index contributed by atoms with van der Waals surface area (Å²) in [5.74, 6) is 0.505. The molecular weight excluding hydrogens is 370 g/mol. The van der Waals surface area contributed by atoms with Crippen LogP contribution < -0.4 is 10.1 Å². The molecule has 0 heterocycles. The van der Waals surface area contributed by atoms with Gasteiger partial charge in [-0.25, -0.2) is 4.79 Å². The first-order valence-corrected chi connectivity index (χ1v) is 9.46. The predicted octanol–water partition coefficient (Wildman–Crippen LogP) is 3.56. The number of rotatable bonds is 8. The highest BCUT2D eigenvalue weighted by atomic mass is 16.5. The second kappa shape index (κ2) is 9.91. The van der Waals surface area contributed by atoms with Crippen LogP contribution in [0, 0.1) is 0 Å². The molecule has 0 fully saturated rings. The first-order chi connectivity index (χ1) is 14.1. The van der Waals surface area contributed by atoms with E-state index in [0.29, 0.717) is 11.3 Å². The normalized spacial score (nSPS) is 12.9. The van der Waals surface area contributed by atoms with Crippen molar-refractivity contribution in [3.63, 3.8) is 0 Å². The number of nitrogens with one attached hydrogen (secondary N) is 1. The number of methoxy groups -OCH3 is 1. The number of benzene rings is 3. The molecule has 0 saturated carbocycles. The molecule has 0 aliphatic rings. The van der Waals surface area contributed by atoms with Crippen molar-refractivity contribution in [2.75, 3.05) is 13.7 Å². The molecule has 2 atom stereocenters. The Morgan fingerprint density at radius 3 is 2.48 bits per heavy atom. The average Bonchev–Trinajstić information content (AvgIpc) is 2.77. The number of hydrogen-bond acceptors (Lipinski definition) is 5. The van der Waals surface area contributed by atoms with Crippen molar-refractivity contribution in [3.8, 4) is 5.75 Å². The van der Waals surface area contributed by atoms with E-state index < -0.39 is 18.3 Å². The monoisotopic (exact) mass is 395 g/mol. The van der Waals surface area contributed by atoms with Gasteiger partial charge in [0.2, 0.25) is 0 Å². The molecule has 0 aliphatic heterocycles. The van der Waals surface area contributed by atoms with Gasteiger partial charge in [0.25, 0.3) is 0 Å². The molecule has 29 heavy (non-hydrogen) atoms. The second-order valence-corrected chi connectivity index (χ2v) is 6.69. The zero-order chi connectivity index (χ0) is 20.6. The van der Waals surface area contributed by atoms with E-state index in [-0.39, 0.29) is 19.6 Å². The van der Waals surface area contributed by atoms with Crippen molar-refractivity contribution in [2.24, 2.45) is 0 Å². The Morgan fingerprint density at radius 2 is 1.72 bits per heavy atom. The van der Waals surface area contributed by atoms with Crippen LogP contribution in [0.4, 0.5) is 4.79 Å². The second-order valence-electron chi connectivity index (χ2n) is 6.69. The van der Waals surface area contributed by atoms with E-state index in [1.165, 1.54) is 7.11 Å². The van der Waals surface area contributed by atoms with E-state index in [0.717, 1.165) is 16.3 Å². The Hall–Kier alpha value is -3.09. The summed E-state index contributed by atoms with van der Waals surface area (Å²) in [7, 11) is 1.52. The fraction of sp³-hybridized carbons (Fsp3) is 0.261. The summed E-state index contributed by atoms with van der Waals surface area (Å²) >= 11 is 0. The van der Waals surface area contributed by atoms with Crippen LogP contribution >= 0.6 is 0 Å². The van der Waals surface area contributed by atoms with Gasteiger partial charge in [-0.15, -0.1) is 0 Å². The Balaban J connectivity index is 1.56. The Bertz CT molecular complexity index is 944. The maximum atomic E-state index is 11.8. The summed E-state index contributed by atoms with van der Waals surface area (Å²) in [5, 5.41) is 25.6. The van der Waals surface area contributed by atoms with E-state index in [9.17, 15) is 15.0 Å². The number of hydrogen-bond donors (Lipinski definition) is 3. The third-order valence-corrected chi connectivity index (χ3v) is 4.73. The maximum Gasteiger partial charge on any atom is 0.407 e. The zero-order valence-corrected chi connectivity index (χ0v) is 16.2. The molecular formula is C23H25NO5. The lowest BCUT2D eigenvalue weighted by Gasteiger charge is -2.22. The lowest BCUT2D eigenvalue weighted by molar-refractivity contribution is 0.0132. The quantitative estimate of drug-likeness (QED) is 0.543. The third kappa shape index (κ3) is 5.25. The number of aliphatic hydroxyl groups is 2. The Morgan fingerprint density at radius 1 is 1.00 bits per heavy atom. The number of amides is 1. The lowest BCUT2D eigenvalue weighted by atomic mass is 9.95. The Kier molecular flexibility index (Phi) is 7.05. The molecule has 0 spiro atoms. The molecule has 6 heteroatoms. The highest BCUT2D eigenvalue weighted by Crippen LogP contribution is 2.35. The standard InChI is InChI=1S/C23H25NO5/c1-28-20-12-11-17-9-5-6-10-18(17)21(20)22(26)19(25)13-14-24-23(27)29-15-16-7-3-2-4-8-16/h2-12,19,22,25-26H,13-15H2,1H3,(H,24,27). The van der Waals surface area contributed by atoms with Crippen molar-refractivity contribution in [1.82, 2.24) is 5.32 Å². The molecule has 3 rings (SSSR count). The van der Waals surface area contributed by atoms with E-state index in [1.54, 1.807) is 6.07 Å². The number of alkyl carbamates (subject to hydrolysis) is 1. The average molecular weight is 395 g/mol. The van der Waals surface area contributed by atoms with Gasteiger partial charge in [0.05, 0.1) is 13.2 Å². The molecule has 3 aromatic carbocycles. The van der Waals surface area contributed by atoms with Crippen LogP contribution in [0.3, 0.4) is 0 Å². The van der Waals surface area contributed by atoms with Crippen molar-refractivity contribution in [2.45, 2.75) is 25.2 Å². The van der Waals surface area contributed by atoms with E-state index in [1.807, 2.05) is 60.7 Å². The molecule has 0 bridgehead atoms. The van der Waals surface area contributed by atoms with Crippen LogP contribution in [0.2, 0.25) is 0 Å². The van der Waals surface area contributed by atoms with Crippen LogP contribution in [0.25, 0.3) is 10.8 Å². The fourth-order valence-corrected chi connectivity index (χ4v) is 3.21. The minimum atomic E-state index is -1.15. The lowest BCUT2D eigenvalue weighted by Crippen LogP contribution is -2.30. The van der Waals surface area contributed by atoms with Crippen LogP contribution in [0.5, 0.6) is 5.75 Å². The summed E-state index contributed by atoms with van der Waals surface area (Å²) < 4.78 is 10.5. The molecule has 3 aromatic rings. The van der Waals surface area contributed by atoms with Crippen LogP contribution in [-0.4, -0.2) is 36.1 Å². The smallest absolute Gasteiger partial charge is 0.407 e. The minimum Gasteiger partial charge on any atom is -0.496 e. The van der Waals surface area contributed by atoms with E-state index >= 15 is 0 Å². The first-order valence-electron chi connectivity index (χ1n) is 9.46. The fourth-order valence-electron chi connectivity index (χ4n) is 3.21. The van der Waals surface area contributed by atoms with Gasteiger partial charge in [-0.1, -0.05) is 60.7 Å². The van der Waals surface area contributed by atoms with Crippen LogP contribution in [0.1, 0.15) is 23.7 Å². The van der Waals surface area contributed by atoms with Crippen molar-refractivity contribution in [3.05, 3.63) is 77.9 Å². The van der Waals surface area contributed by atoms with Crippen molar-refractivity contribution >= 4 is 16.9 Å². The van der Waals surface area contributed by atoms with Crippen LogP contribution in [-0.2, 0) is 11.3 Å². The number of carbonyl (C=O) groups excluding carboxylic acids is 1. The van der Waals surface area contributed by atoms with Crippen LogP contribution in [0.15, 0.2) is 66.7 Å². The topological polar surface area (TPSA) is 88.0 Å². The first kappa shape index (κ1) is 20.6. The largest absolute Gasteiger partial charge is 0.496 e. The zero-order valence-electron chi connectivity index (χ0n) is 16.2. The highest BCUT2D eigenvalue weighted by Gasteiger charge is 2.24. The molecule has 3 N–H and O–H groups in total. The predicted molar refractivity (Wildman–Crippen MR) is 111 cm³/mol. The molecule has 6 nitrogen and oxygen atoms in total. The molecule has 2 unspecified atom stereocenters. The summed E-state index contributed by atoms with van der Waals surface area (Å²) in [6, 6.07) is 20.6. The summed E-state index contributed by atoms with van der Waals surface area (Å²) in [6.07, 6.45) is -2.64. The van der Waals surface area contributed by atoms with Gasteiger partial charge in [-0.05, 0) is 28.8 Å². The van der Waals surface area contributed by atoms with Gasteiger partial charge in [-0.2, -0.15) is 0 Å². The van der Waals surface area contributed by atoms with Gasteiger partial charge in [0.1, 0.15) is 18.5 Å². The molecule has 0 aliphatic carbocycles. The van der Waals surface area contributed by atoms with Gasteiger partial charge < -0.3 is 25.0 Å². The third-order valence-electron chi connectivity index (χ3n) is 4.73. The Labute approximate surface area is 169 Å². The number of fused-ring (bicyclic) bond motifs is 1. The van der Waals surface area contributed by atoms with Gasteiger partial charge in [-0.3, -0.25) is 0 Å². The summed E-state index contributed by atoms with van der Waals surface area (Å²) in [5.41, 5.74) is 1.42. The van der Waals surface area contributed by atoms with Gasteiger partial charge >= 0.3 is 6.09 Å². The maximum absolute atomic E-state index is 11.8.